The summed E-state index contributed by atoms with van der Waals surface area (Å²) >= 11 is 5.21. The molecular weight excluding hydrogens is 418 g/mol. The average Bonchev–Trinajstić information content (AvgIpc) is 2.68. The van der Waals surface area contributed by atoms with Gasteiger partial charge in [-0.2, -0.15) is 4.31 Å². The molecule has 1 amide bonds. The van der Waals surface area contributed by atoms with Crippen LogP contribution >= 0.6 is 12.2 Å². The van der Waals surface area contributed by atoms with Gasteiger partial charge in [0.15, 0.2) is 5.11 Å². The zero-order chi connectivity index (χ0) is 22.5. The summed E-state index contributed by atoms with van der Waals surface area (Å²) in [4.78, 5) is 12.6. The SMILES string of the molecule is CCN(CC)S(=O)(=O)c1ccc(NC(=S)NC(=O)c2ccc(C(C)(C)C)cc2)cc1. The van der Waals surface area contributed by atoms with Crippen molar-refractivity contribution in [3.63, 3.8) is 0 Å². The normalized spacial score (nSPS) is 11.9. The van der Waals surface area contributed by atoms with Crippen molar-refractivity contribution in [2.45, 2.75) is 44.9 Å². The topological polar surface area (TPSA) is 78.5 Å². The predicted octanol–water partition coefficient (Wildman–Crippen LogP) is 4.14. The second kappa shape index (κ2) is 9.68. The highest BCUT2D eigenvalue weighted by molar-refractivity contribution is 7.89. The van der Waals surface area contributed by atoms with Gasteiger partial charge in [-0.25, -0.2) is 8.42 Å². The highest BCUT2D eigenvalue weighted by Crippen LogP contribution is 2.22. The fourth-order valence-corrected chi connectivity index (χ4v) is 4.55. The molecule has 0 spiro atoms. The predicted molar refractivity (Wildman–Crippen MR) is 125 cm³/mol. The molecule has 0 saturated heterocycles. The zero-order valence-electron chi connectivity index (χ0n) is 18.0. The number of benzene rings is 2. The molecule has 2 aromatic rings. The Morgan fingerprint density at radius 3 is 1.97 bits per heavy atom. The van der Waals surface area contributed by atoms with Crippen molar-refractivity contribution in [1.82, 2.24) is 9.62 Å². The van der Waals surface area contributed by atoms with E-state index in [1.54, 1.807) is 38.1 Å². The Labute approximate surface area is 184 Å². The summed E-state index contributed by atoms with van der Waals surface area (Å²) in [5.74, 6) is -0.311. The minimum atomic E-state index is -3.51. The Morgan fingerprint density at radius 2 is 1.50 bits per heavy atom. The molecule has 6 nitrogen and oxygen atoms in total. The smallest absolute Gasteiger partial charge is 0.257 e. The molecule has 0 atom stereocenters. The first-order valence-electron chi connectivity index (χ1n) is 9.82. The van der Waals surface area contributed by atoms with Crippen LogP contribution in [-0.4, -0.2) is 36.8 Å². The third-order valence-corrected chi connectivity index (χ3v) is 6.96. The van der Waals surface area contributed by atoms with Gasteiger partial charge >= 0.3 is 0 Å². The first-order valence-corrected chi connectivity index (χ1v) is 11.7. The molecule has 162 valence electrons. The van der Waals surface area contributed by atoms with Gasteiger partial charge in [-0.05, 0) is 59.6 Å². The summed E-state index contributed by atoms with van der Waals surface area (Å²) in [6.07, 6.45) is 0. The summed E-state index contributed by atoms with van der Waals surface area (Å²) in [5, 5.41) is 5.68. The number of hydrogen-bond acceptors (Lipinski definition) is 4. The monoisotopic (exact) mass is 447 g/mol. The molecule has 0 fully saturated rings. The summed E-state index contributed by atoms with van der Waals surface area (Å²) in [7, 11) is -3.51. The molecule has 2 N–H and O–H groups in total. The largest absolute Gasteiger partial charge is 0.332 e. The Bertz CT molecular complexity index is 989. The van der Waals surface area contributed by atoms with E-state index in [0.29, 0.717) is 24.3 Å². The minimum Gasteiger partial charge on any atom is -0.332 e. The van der Waals surface area contributed by atoms with E-state index < -0.39 is 10.0 Å². The quantitative estimate of drug-likeness (QED) is 0.651. The van der Waals surface area contributed by atoms with E-state index in [1.807, 2.05) is 12.1 Å². The van der Waals surface area contributed by atoms with E-state index in [2.05, 4.69) is 31.4 Å². The van der Waals surface area contributed by atoms with Crippen LogP contribution in [0.15, 0.2) is 53.4 Å². The Kier molecular flexibility index (Phi) is 7.74. The number of rotatable bonds is 6. The van der Waals surface area contributed by atoms with Crippen molar-refractivity contribution in [3.8, 4) is 0 Å². The van der Waals surface area contributed by atoms with E-state index in [-0.39, 0.29) is 21.3 Å². The Balaban J connectivity index is 2.02. The molecule has 0 radical (unpaired) electrons. The molecule has 0 saturated carbocycles. The zero-order valence-corrected chi connectivity index (χ0v) is 19.7. The highest BCUT2D eigenvalue weighted by Gasteiger charge is 2.21. The fraction of sp³-hybridized carbons (Fsp3) is 0.364. The number of hydrogen-bond donors (Lipinski definition) is 2. The van der Waals surface area contributed by atoms with Gasteiger partial charge in [-0.1, -0.05) is 46.8 Å². The molecule has 0 unspecified atom stereocenters. The molecule has 8 heteroatoms. The van der Waals surface area contributed by atoms with Crippen molar-refractivity contribution in [2.24, 2.45) is 0 Å². The van der Waals surface area contributed by atoms with Crippen molar-refractivity contribution in [3.05, 3.63) is 59.7 Å². The number of amides is 1. The molecule has 2 aromatic carbocycles. The van der Waals surface area contributed by atoms with E-state index in [0.717, 1.165) is 5.56 Å². The van der Waals surface area contributed by atoms with E-state index >= 15 is 0 Å². The third-order valence-electron chi connectivity index (χ3n) is 4.70. The number of nitrogens with zero attached hydrogens (tertiary/aromatic N) is 1. The Morgan fingerprint density at radius 1 is 0.967 bits per heavy atom. The molecule has 0 aliphatic rings. The van der Waals surface area contributed by atoms with Crippen molar-refractivity contribution >= 4 is 38.9 Å². The molecule has 0 aliphatic heterocycles. The van der Waals surface area contributed by atoms with Crippen LogP contribution in [0.25, 0.3) is 0 Å². The maximum Gasteiger partial charge on any atom is 0.257 e. The maximum atomic E-state index is 12.5. The van der Waals surface area contributed by atoms with Crippen molar-refractivity contribution in [2.75, 3.05) is 18.4 Å². The number of nitrogens with one attached hydrogen (secondary N) is 2. The van der Waals surface area contributed by atoms with Crippen LogP contribution in [0, 0.1) is 0 Å². The van der Waals surface area contributed by atoms with Gasteiger partial charge in [0.2, 0.25) is 10.0 Å². The van der Waals surface area contributed by atoms with Crippen LogP contribution in [-0.2, 0) is 15.4 Å². The first kappa shape index (κ1) is 24.0. The minimum absolute atomic E-state index is 0.0107. The van der Waals surface area contributed by atoms with Crippen molar-refractivity contribution in [1.29, 1.82) is 0 Å². The van der Waals surface area contributed by atoms with Gasteiger partial charge in [-0.3, -0.25) is 10.1 Å². The summed E-state index contributed by atoms with van der Waals surface area (Å²) in [6.45, 7) is 10.7. The first-order chi connectivity index (χ1) is 14.0. The van der Waals surface area contributed by atoms with Gasteiger partial charge in [-0.15, -0.1) is 0 Å². The van der Waals surface area contributed by atoms with Gasteiger partial charge in [0.1, 0.15) is 0 Å². The van der Waals surface area contributed by atoms with Crippen LogP contribution in [0.3, 0.4) is 0 Å². The molecule has 0 aromatic heterocycles. The number of sulfonamides is 1. The molecule has 0 heterocycles. The van der Waals surface area contributed by atoms with Gasteiger partial charge in [0.05, 0.1) is 4.90 Å². The Hall–Kier alpha value is -2.29. The van der Waals surface area contributed by atoms with Crippen LogP contribution < -0.4 is 10.6 Å². The van der Waals surface area contributed by atoms with E-state index in [1.165, 1.54) is 16.4 Å². The summed E-state index contributed by atoms with van der Waals surface area (Å²) in [6, 6.07) is 13.7. The third kappa shape index (κ3) is 5.87. The lowest BCUT2D eigenvalue weighted by molar-refractivity contribution is 0.0977. The second-order valence-electron chi connectivity index (χ2n) is 7.85. The van der Waals surface area contributed by atoms with E-state index in [4.69, 9.17) is 12.2 Å². The maximum absolute atomic E-state index is 12.5. The van der Waals surface area contributed by atoms with Crippen LogP contribution in [0.4, 0.5) is 5.69 Å². The van der Waals surface area contributed by atoms with Gasteiger partial charge in [0, 0.05) is 24.3 Å². The average molecular weight is 448 g/mol. The van der Waals surface area contributed by atoms with Gasteiger partial charge < -0.3 is 5.32 Å². The lowest BCUT2D eigenvalue weighted by atomic mass is 9.87. The highest BCUT2D eigenvalue weighted by atomic mass is 32.2. The van der Waals surface area contributed by atoms with E-state index in [9.17, 15) is 13.2 Å². The number of carbonyl (C=O) groups excluding carboxylic acids is 1. The molecule has 0 bridgehead atoms. The number of thiocarbonyl (C=S) groups is 1. The van der Waals surface area contributed by atoms with Gasteiger partial charge in [0.25, 0.3) is 5.91 Å². The molecule has 2 rings (SSSR count). The lowest BCUT2D eigenvalue weighted by Crippen LogP contribution is -2.34. The lowest BCUT2D eigenvalue weighted by Gasteiger charge is -2.19. The van der Waals surface area contributed by atoms with Crippen molar-refractivity contribution < 1.29 is 13.2 Å². The number of anilines is 1. The summed E-state index contributed by atoms with van der Waals surface area (Å²) in [5.41, 5.74) is 2.24. The molecular formula is C22H29N3O3S2. The molecule has 0 aliphatic carbocycles. The van der Waals surface area contributed by atoms with Crippen LogP contribution in [0.1, 0.15) is 50.5 Å². The fourth-order valence-electron chi connectivity index (χ4n) is 2.88. The molecule has 30 heavy (non-hydrogen) atoms. The van der Waals surface area contributed by atoms with Crippen LogP contribution in [0.2, 0.25) is 0 Å². The second-order valence-corrected chi connectivity index (χ2v) is 10.2. The van der Waals surface area contributed by atoms with Crippen LogP contribution in [0.5, 0.6) is 0 Å². The number of carbonyl (C=O) groups is 1. The standard InChI is InChI=1S/C22H29N3O3S2/c1-6-25(7-2)30(27,28)19-14-12-18(13-15-19)23-21(29)24-20(26)16-8-10-17(11-9-16)22(3,4)5/h8-15H,6-7H2,1-5H3,(H2,23,24,26,29). The summed E-state index contributed by atoms with van der Waals surface area (Å²) < 4.78 is 26.5.